The molecule has 1 atom stereocenters. The Morgan fingerprint density at radius 1 is 1.50 bits per heavy atom. The second-order valence-corrected chi connectivity index (χ2v) is 5.23. The molecule has 1 aliphatic heterocycles. The van der Waals surface area contributed by atoms with Crippen molar-refractivity contribution in [2.75, 3.05) is 6.54 Å². The first-order valence-electron chi connectivity index (χ1n) is 5.77. The number of likely N-dealkylation sites (tertiary alicyclic amines) is 1. The summed E-state index contributed by atoms with van der Waals surface area (Å²) >= 11 is 12.1. The first-order valence-corrected chi connectivity index (χ1v) is 6.53. The molecule has 2 rings (SSSR count). The van der Waals surface area contributed by atoms with Crippen LogP contribution in [-0.4, -0.2) is 28.5 Å². The van der Waals surface area contributed by atoms with E-state index in [1.165, 1.54) is 0 Å². The lowest BCUT2D eigenvalue weighted by Crippen LogP contribution is -2.40. The first-order chi connectivity index (χ1) is 8.61. The smallest absolute Gasteiger partial charge is 0.156 e. The number of rotatable bonds is 3. The third-order valence-corrected chi connectivity index (χ3v) is 3.81. The Kier molecular flexibility index (Phi) is 4.32. The van der Waals surface area contributed by atoms with Gasteiger partial charge in [-0.25, -0.2) is 0 Å². The van der Waals surface area contributed by atoms with Crippen molar-refractivity contribution in [1.82, 2.24) is 4.90 Å². The van der Waals surface area contributed by atoms with Crippen LogP contribution < -0.4 is 5.73 Å². The van der Waals surface area contributed by atoms with Crippen LogP contribution in [0.2, 0.25) is 10.0 Å². The number of hydrogen-bond acceptors (Lipinski definition) is 3. The van der Waals surface area contributed by atoms with Crippen LogP contribution in [0.3, 0.4) is 0 Å². The average molecular weight is 288 g/mol. The lowest BCUT2D eigenvalue weighted by Gasteiger charge is -2.23. The number of nitrogens with two attached hydrogens (primary N) is 1. The van der Waals surface area contributed by atoms with Gasteiger partial charge in [0, 0.05) is 16.6 Å². The maximum atomic E-state index is 8.77. The molecule has 0 aromatic heterocycles. The summed E-state index contributed by atoms with van der Waals surface area (Å²) < 4.78 is 0. The Morgan fingerprint density at radius 3 is 3.00 bits per heavy atom. The number of benzene rings is 1. The van der Waals surface area contributed by atoms with E-state index in [1.807, 2.05) is 6.07 Å². The lowest BCUT2D eigenvalue weighted by atomic mass is 10.1. The van der Waals surface area contributed by atoms with Crippen LogP contribution in [0.5, 0.6) is 0 Å². The second-order valence-electron chi connectivity index (χ2n) is 4.39. The number of oxime groups is 1. The van der Waals surface area contributed by atoms with E-state index in [2.05, 4.69) is 10.1 Å². The minimum absolute atomic E-state index is 0.0231. The molecule has 0 saturated carbocycles. The summed E-state index contributed by atoms with van der Waals surface area (Å²) in [7, 11) is 0. The third kappa shape index (κ3) is 2.88. The molecule has 1 fully saturated rings. The van der Waals surface area contributed by atoms with Gasteiger partial charge in [-0.2, -0.15) is 0 Å². The third-order valence-electron chi connectivity index (χ3n) is 3.20. The van der Waals surface area contributed by atoms with Crippen molar-refractivity contribution >= 4 is 29.0 Å². The topological polar surface area (TPSA) is 61.9 Å². The zero-order valence-corrected chi connectivity index (χ0v) is 11.3. The van der Waals surface area contributed by atoms with Crippen molar-refractivity contribution in [3.63, 3.8) is 0 Å². The maximum absolute atomic E-state index is 8.77. The molecule has 98 valence electrons. The maximum Gasteiger partial charge on any atom is 0.156 e. The van der Waals surface area contributed by atoms with Crippen molar-refractivity contribution in [3.05, 3.63) is 33.8 Å². The fraction of sp³-hybridized carbons (Fsp3) is 0.417. The molecule has 0 spiro atoms. The molecule has 1 aromatic rings. The van der Waals surface area contributed by atoms with Gasteiger partial charge in [0.25, 0.3) is 0 Å². The van der Waals surface area contributed by atoms with E-state index in [9.17, 15) is 0 Å². The lowest BCUT2D eigenvalue weighted by molar-refractivity contribution is 0.275. The summed E-state index contributed by atoms with van der Waals surface area (Å²) in [6, 6.07) is 5.38. The monoisotopic (exact) mass is 287 g/mol. The molecular formula is C12H15Cl2N3O. The number of amidine groups is 1. The van der Waals surface area contributed by atoms with Crippen LogP contribution in [0.4, 0.5) is 0 Å². The van der Waals surface area contributed by atoms with Crippen LogP contribution in [0.15, 0.2) is 23.4 Å². The second kappa shape index (κ2) is 5.78. The van der Waals surface area contributed by atoms with Crippen molar-refractivity contribution in [2.24, 2.45) is 10.9 Å². The van der Waals surface area contributed by atoms with Crippen LogP contribution in [0.1, 0.15) is 18.4 Å². The quantitative estimate of drug-likeness (QED) is 0.389. The molecule has 1 saturated heterocycles. The summed E-state index contributed by atoms with van der Waals surface area (Å²) in [5.41, 5.74) is 6.65. The summed E-state index contributed by atoms with van der Waals surface area (Å²) in [4.78, 5) is 2.15. The summed E-state index contributed by atoms with van der Waals surface area (Å²) in [6.07, 6.45) is 1.92. The molecule has 3 N–H and O–H groups in total. The van der Waals surface area contributed by atoms with E-state index in [0.29, 0.717) is 16.6 Å². The molecule has 18 heavy (non-hydrogen) atoms. The van der Waals surface area contributed by atoms with E-state index in [0.717, 1.165) is 24.9 Å². The Balaban J connectivity index is 2.15. The Hall–Kier alpha value is -0.970. The van der Waals surface area contributed by atoms with Gasteiger partial charge in [-0.05, 0) is 43.1 Å². The van der Waals surface area contributed by atoms with Crippen molar-refractivity contribution in [1.29, 1.82) is 0 Å². The molecule has 1 heterocycles. The summed E-state index contributed by atoms with van der Waals surface area (Å²) in [5.74, 6) is 0.255. The predicted octanol–water partition coefficient (Wildman–Crippen LogP) is 2.70. The minimum Gasteiger partial charge on any atom is -0.409 e. The van der Waals surface area contributed by atoms with Crippen molar-refractivity contribution in [3.8, 4) is 0 Å². The molecule has 0 amide bonds. The number of halogens is 2. The van der Waals surface area contributed by atoms with Crippen LogP contribution >= 0.6 is 23.2 Å². The van der Waals surface area contributed by atoms with Gasteiger partial charge in [0.1, 0.15) is 0 Å². The van der Waals surface area contributed by atoms with Crippen LogP contribution in [0, 0.1) is 0 Å². The van der Waals surface area contributed by atoms with Gasteiger partial charge < -0.3 is 10.9 Å². The predicted molar refractivity (Wildman–Crippen MR) is 73.3 cm³/mol. The Bertz CT molecular complexity index is 465. The molecule has 0 radical (unpaired) electrons. The van der Waals surface area contributed by atoms with Gasteiger partial charge >= 0.3 is 0 Å². The average Bonchev–Trinajstić information content (AvgIpc) is 2.81. The number of hydrogen-bond donors (Lipinski definition) is 2. The molecule has 1 aromatic carbocycles. The molecule has 4 nitrogen and oxygen atoms in total. The SMILES string of the molecule is NC(=NO)C1CCCN1Cc1cc(Cl)ccc1Cl. The molecule has 1 unspecified atom stereocenters. The zero-order valence-electron chi connectivity index (χ0n) is 9.81. The standard InChI is InChI=1S/C12H15Cl2N3O/c13-9-3-4-10(14)8(6-9)7-17-5-1-2-11(17)12(15)16-18/h3-4,6,11,18H,1-2,5,7H2,(H2,15,16). The highest BCUT2D eigenvalue weighted by Crippen LogP contribution is 2.26. The summed E-state index contributed by atoms with van der Waals surface area (Å²) in [6.45, 7) is 1.56. The van der Waals surface area contributed by atoms with Crippen molar-refractivity contribution in [2.45, 2.75) is 25.4 Å². The van der Waals surface area contributed by atoms with Crippen LogP contribution in [-0.2, 0) is 6.54 Å². The highest BCUT2D eigenvalue weighted by molar-refractivity contribution is 6.33. The van der Waals surface area contributed by atoms with Gasteiger partial charge in [-0.3, -0.25) is 4.90 Å². The highest BCUT2D eigenvalue weighted by Gasteiger charge is 2.28. The van der Waals surface area contributed by atoms with Gasteiger partial charge in [-0.15, -0.1) is 0 Å². The fourth-order valence-corrected chi connectivity index (χ4v) is 2.67. The Morgan fingerprint density at radius 2 is 2.28 bits per heavy atom. The normalized spacial score (nSPS) is 21.4. The van der Waals surface area contributed by atoms with E-state index in [-0.39, 0.29) is 11.9 Å². The first kappa shape index (κ1) is 13.5. The Labute approximate surface area is 116 Å². The number of nitrogens with zero attached hydrogens (tertiary/aromatic N) is 2. The van der Waals surface area contributed by atoms with Gasteiger partial charge in [0.15, 0.2) is 5.84 Å². The molecular weight excluding hydrogens is 273 g/mol. The minimum atomic E-state index is -0.0231. The van der Waals surface area contributed by atoms with E-state index < -0.39 is 0 Å². The van der Waals surface area contributed by atoms with Gasteiger partial charge in [-0.1, -0.05) is 28.4 Å². The van der Waals surface area contributed by atoms with Crippen LogP contribution in [0.25, 0.3) is 0 Å². The van der Waals surface area contributed by atoms with E-state index >= 15 is 0 Å². The zero-order chi connectivity index (χ0) is 13.1. The molecule has 6 heteroatoms. The van der Waals surface area contributed by atoms with Gasteiger partial charge in [0.2, 0.25) is 0 Å². The van der Waals surface area contributed by atoms with Gasteiger partial charge in [0.05, 0.1) is 6.04 Å². The molecule has 0 bridgehead atoms. The van der Waals surface area contributed by atoms with E-state index in [4.69, 9.17) is 34.1 Å². The largest absolute Gasteiger partial charge is 0.409 e. The highest BCUT2D eigenvalue weighted by atomic mass is 35.5. The molecule has 1 aliphatic rings. The van der Waals surface area contributed by atoms with E-state index in [1.54, 1.807) is 12.1 Å². The summed E-state index contributed by atoms with van der Waals surface area (Å²) in [5, 5.41) is 13.2. The fourth-order valence-electron chi connectivity index (χ4n) is 2.30. The van der Waals surface area contributed by atoms with Crippen molar-refractivity contribution < 1.29 is 5.21 Å². The molecule has 0 aliphatic carbocycles.